The zero-order valence-corrected chi connectivity index (χ0v) is 20.2. The molecule has 3 aliphatic rings. The third-order valence-electron chi connectivity index (χ3n) is 7.17. The summed E-state index contributed by atoms with van der Waals surface area (Å²) in [6.07, 6.45) is -6.08. The van der Waals surface area contributed by atoms with Gasteiger partial charge in [-0.15, -0.1) is 0 Å². The van der Waals surface area contributed by atoms with Gasteiger partial charge in [-0.3, -0.25) is 19.2 Å². The lowest BCUT2D eigenvalue weighted by molar-refractivity contribution is -0.137. The van der Waals surface area contributed by atoms with E-state index in [0.717, 1.165) is 18.2 Å². The normalized spacial score (nSPS) is 24.2. The monoisotopic (exact) mass is 569 g/mol. The number of anilines is 1. The second-order valence-electron chi connectivity index (χ2n) is 9.06. The summed E-state index contributed by atoms with van der Waals surface area (Å²) in [5, 5.41) is 0. The molecule has 3 atom stereocenters. The summed E-state index contributed by atoms with van der Waals surface area (Å²) in [6.45, 7) is 0. The molecule has 3 aromatic rings. The van der Waals surface area contributed by atoms with E-state index in [2.05, 4.69) is 15.9 Å². The molecule has 0 N–H and O–H groups in total. The van der Waals surface area contributed by atoms with Crippen molar-refractivity contribution in [3.05, 3.63) is 99.5 Å². The number of alkyl halides is 3. The number of benzene rings is 3. The Labute approximate surface area is 216 Å². The van der Waals surface area contributed by atoms with Gasteiger partial charge in [0, 0.05) is 15.6 Å². The van der Waals surface area contributed by atoms with Crippen LogP contribution in [0, 0.1) is 11.8 Å². The Hall–Kier alpha value is -3.63. The van der Waals surface area contributed by atoms with E-state index in [0.29, 0.717) is 14.9 Å². The molecule has 6 nitrogen and oxygen atoms in total. The number of ether oxygens (including phenoxy) is 1. The van der Waals surface area contributed by atoms with Gasteiger partial charge >= 0.3 is 6.18 Å². The van der Waals surface area contributed by atoms with E-state index in [-0.39, 0.29) is 11.1 Å². The number of nitrogens with zero attached hydrogens (tertiary/aromatic N) is 1. The highest BCUT2D eigenvalue weighted by atomic mass is 79.9. The minimum Gasteiger partial charge on any atom is -0.349 e. The predicted octanol–water partition coefficient (Wildman–Crippen LogP) is 5.16. The fraction of sp³-hybridized carbons (Fsp3) is 0.185. The number of ketones is 2. The van der Waals surface area contributed by atoms with E-state index < -0.39 is 64.3 Å². The van der Waals surface area contributed by atoms with Crippen LogP contribution in [0.25, 0.3) is 0 Å². The standard InChI is InChI=1S/C27H15BrF3NO5/c28-14-11-9-13(10-12-14)21-19-20(26(37-21)22(33)15-5-1-2-6-16(15)23(26)34)25(36)32(24(19)35)18-8-4-3-7-17(18)27(29,30)31/h1-12,19-21H/t19-,20+,21-/m0/s1. The number of carbonyl (C=O) groups is 4. The molecule has 186 valence electrons. The average Bonchev–Trinajstić information content (AvgIpc) is 3.44. The van der Waals surface area contributed by atoms with E-state index in [9.17, 15) is 32.3 Å². The number of imide groups is 1. The molecule has 2 amide bonds. The molecule has 3 aromatic carbocycles. The SMILES string of the molecule is O=C1[C@@H]2[C@H](c3ccc(Br)cc3)OC3(C(=O)c4ccccc4C3=O)[C@H]2C(=O)N1c1ccccc1C(F)(F)F. The average molecular weight is 570 g/mol. The smallest absolute Gasteiger partial charge is 0.349 e. The van der Waals surface area contributed by atoms with Crippen LogP contribution < -0.4 is 4.90 Å². The summed E-state index contributed by atoms with van der Waals surface area (Å²) in [4.78, 5) is 55.5. The lowest BCUT2D eigenvalue weighted by Gasteiger charge is -2.28. The maximum atomic E-state index is 13.9. The molecule has 0 radical (unpaired) electrons. The Morgan fingerprint density at radius 1 is 0.784 bits per heavy atom. The molecule has 2 fully saturated rings. The first-order valence-electron chi connectivity index (χ1n) is 11.2. The minimum atomic E-state index is -4.86. The molecule has 0 unspecified atom stereocenters. The minimum absolute atomic E-state index is 0.0390. The van der Waals surface area contributed by atoms with Crippen LogP contribution in [0.3, 0.4) is 0 Å². The van der Waals surface area contributed by atoms with Crippen molar-refractivity contribution in [3.63, 3.8) is 0 Å². The number of amides is 2. The topological polar surface area (TPSA) is 80.8 Å². The molecule has 2 aliphatic heterocycles. The summed E-state index contributed by atoms with van der Waals surface area (Å²) in [7, 11) is 0. The first-order valence-corrected chi connectivity index (χ1v) is 12.0. The highest BCUT2D eigenvalue weighted by Gasteiger charge is 2.75. The van der Waals surface area contributed by atoms with E-state index in [1.165, 1.54) is 18.2 Å². The maximum Gasteiger partial charge on any atom is 0.418 e. The summed E-state index contributed by atoms with van der Waals surface area (Å²) in [5.41, 5.74) is -3.72. The van der Waals surface area contributed by atoms with Gasteiger partial charge in [-0.1, -0.05) is 64.5 Å². The molecular formula is C27H15BrF3NO5. The van der Waals surface area contributed by atoms with Crippen LogP contribution in [-0.4, -0.2) is 29.0 Å². The van der Waals surface area contributed by atoms with Crippen LogP contribution in [0.1, 0.15) is 37.9 Å². The Morgan fingerprint density at radius 3 is 1.95 bits per heavy atom. The van der Waals surface area contributed by atoms with Crippen LogP contribution in [0.2, 0.25) is 0 Å². The molecule has 37 heavy (non-hydrogen) atoms. The summed E-state index contributed by atoms with van der Waals surface area (Å²) in [6, 6.07) is 16.7. The third-order valence-corrected chi connectivity index (χ3v) is 7.70. The quantitative estimate of drug-likeness (QED) is 0.314. The summed E-state index contributed by atoms with van der Waals surface area (Å²) >= 11 is 3.31. The van der Waals surface area contributed by atoms with Crippen LogP contribution in [0.15, 0.2) is 77.3 Å². The van der Waals surface area contributed by atoms with Crippen molar-refractivity contribution < 1.29 is 37.1 Å². The number of para-hydroxylation sites is 1. The maximum absolute atomic E-state index is 13.9. The van der Waals surface area contributed by atoms with Gasteiger partial charge in [0.2, 0.25) is 29.0 Å². The van der Waals surface area contributed by atoms with Gasteiger partial charge in [-0.05, 0) is 29.8 Å². The number of halogens is 4. The number of Topliss-reactive ketones (excluding diaryl/α,β-unsaturated/α-hetero) is 2. The van der Waals surface area contributed by atoms with Crippen molar-refractivity contribution >= 4 is 45.0 Å². The molecule has 6 rings (SSSR count). The lowest BCUT2D eigenvalue weighted by Crippen LogP contribution is -2.51. The molecule has 2 saturated heterocycles. The molecular weight excluding hydrogens is 555 g/mol. The fourth-order valence-corrected chi connectivity index (χ4v) is 5.88. The number of hydrogen-bond acceptors (Lipinski definition) is 5. The van der Waals surface area contributed by atoms with Gasteiger partial charge < -0.3 is 4.74 Å². The molecule has 2 heterocycles. The first kappa shape index (κ1) is 23.7. The molecule has 1 aliphatic carbocycles. The molecule has 0 saturated carbocycles. The molecule has 0 bridgehead atoms. The van der Waals surface area contributed by atoms with Crippen molar-refractivity contribution in [1.82, 2.24) is 0 Å². The Balaban J connectivity index is 1.56. The van der Waals surface area contributed by atoms with Crippen molar-refractivity contribution in [1.29, 1.82) is 0 Å². The molecule has 10 heteroatoms. The van der Waals surface area contributed by atoms with Gasteiger partial charge in [-0.2, -0.15) is 13.2 Å². The van der Waals surface area contributed by atoms with Gasteiger partial charge in [0.05, 0.1) is 29.2 Å². The summed E-state index contributed by atoms with van der Waals surface area (Å²) in [5.74, 6) is -6.64. The van der Waals surface area contributed by atoms with Crippen molar-refractivity contribution in [3.8, 4) is 0 Å². The summed E-state index contributed by atoms with van der Waals surface area (Å²) < 4.78 is 48.3. The van der Waals surface area contributed by atoms with Gasteiger partial charge in [0.1, 0.15) is 0 Å². The van der Waals surface area contributed by atoms with Crippen LogP contribution in [-0.2, 0) is 20.5 Å². The van der Waals surface area contributed by atoms with Crippen LogP contribution in [0.4, 0.5) is 18.9 Å². The Morgan fingerprint density at radius 2 is 1.35 bits per heavy atom. The predicted molar refractivity (Wildman–Crippen MR) is 127 cm³/mol. The van der Waals surface area contributed by atoms with Gasteiger partial charge in [0.25, 0.3) is 0 Å². The Bertz CT molecular complexity index is 1480. The van der Waals surface area contributed by atoms with Crippen molar-refractivity contribution in [2.45, 2.75) is 17.9 Å². The molecule has 1 spiro atoms. The van der Waals surface area contributed by atoms with E-state index >= 15 is 0 Å². The van der Waals surface area contributed by atoms with Gasteiger partial charge in [-0.25, -0.2) is 4.90 Å². The van der Waals surface area contributed by atoms with E-state index in [1.807, 2.05) is 0 Å². The third kappa shape index (κ3) is 3.15. The van der Waals surface area contributed by atoms with E-state index in [4.69, 9.17) is 4.74 Å². The van der Waals surface area contributed by atoms with Crippen molar-refractivity contribution in [2.75, 3.05) is 4.90 Å². The second-order valence-corrected chi connectivity index (χ2v) is 9.98. The highest BCUT2D eigenvalue weighted by Crippen LogP contribution is 2.58. The lowest BCUT2D eigenvalue weighted by atomic mass is 9.77. The zero-order valence-electron chi connectivity index (χ0n) is 18.7. The van der Waals surface area contributed by atoms with Crippen molar-refractivity contribution in [2.24, 2.45) is 11.8 Å². The largest absolute Gasteiger partial charge is 0.418 e. The van der Waals surface area contributed by atoms with Crippen LogP contribution in [0.5, 0.6) is 0 Å². The first-order chi connectivity index (χ1) is 17.6. The number of carbonyl (C=O) groups excluding carboxylic acids is 4. The number of fused-ring (bicyclic) bond motifs is 3. The Kier molecular flexibility index (Phi) is 5.09. The molecule has 0 aromatic heterocycles. The number of rotatable bonds is 2. The van der Waals surface area contributed by atoms with E-state index in [1.54, 1.807) is 36.4 Å². The second kappa shape index (κ2) is 7.93. The van der Waals surface area contributed by atoms with Crippen LogP contribution >= 0.6 is 15.9 Å². The fourth-order valence-electron chi connectivity index (χ4n) is 5.62. The zero-order chi connectivity index (χ0) is 26.3. The van der Waals surface area contributed by atoms with Gasteiger partial charge in [0.15, 0.2) is 0 Å². The number of hydrogen-bond donors (Lipinski definition) is 0. The highest BCUT2D eigenvalue weighted by molar-refractivity contribution is 9.10.